The first kappa shape index (κ1) is 13.8. The molecule has 1 N–H and O–H groups in total. The molecule has 0 radical (unpaired) electrons. The fourth-order valence-corrected chi connectivity index (χ4v) is 2.12. The molecule has 102 valence electrons. The largest absolute Gasteiger partial charge is 0.381 e. The van der Waals surface area contributed by atoms with E-state index >= 15 is 0 Å². The van der Waals surface area contributed by atoms with E-state index in [0.29, 0.717) is 26.1 Å². The molecule has 0 saturated carbocycles. The molecule has 1 saturated heterocycles. The van der Waals surface area contributed by atoms with Gasteiger partial charge in [0.25, 0.3) is 11.6 Å². The number of rotatable bonds is 3. The summed E-state index contributed by atoms with van der Waals surface area (Å²) in [7, 11) is 0. The molecule has 0 bridgehead atoms. The maximum absolute atomic E-state index is 12.1. The van der Waals surface area contributed by atoms with Crippen LogP contribution in [0.15, 0.2) is 18.2 Å². The van der Waals surface area contributed by atoms with Crippen LogP contribution in [0.4, 0.5) is 5.69 Å². The summed E-state index contributed by atoms with van der Waals surface area (Å²) in [5.41, 5.74) is -0.252. The third-order valence-corrected chi connectivity index (χ3v) is 3.19. The highest BCUT2D eigenvalue weighted by Gasteiger charge is 2.23. The number of nitro benzene ring substituents is 1. The Hall–Kier alpha value is -1.66. The van der Waals surface area contributed by atoms with Gasteiger partial charge in [-0.3, -0.25) is 14.9 Å². The van der Waals surface area contributed by atoms with E-state index in [1.165, 1.54) is 18.2 Å². The summed E-state index contributed by atoms with van der Waals surface area (Å²) in [5.74, 6) is -0.449. The molecule has 0 unspecified atom stereocenters. The average Bonchev–Trinajstić information content (AvgIpc) is 2.39. The van der Waals surface area contributed by atoms with E-state index in [1.54, 1.807) is 0 Å². The van der Waals surface area contributed by atoms with E-state index in [-0.39, 0.29) is 22.3 Å². The molecule has 0 aromatic heterocycles. The van der Waals surface area contributed by atoms with Crippen LogP contribution in [-0.4, -0.2) is 30.1 Å². The molecule has 0 atom stereocenters. The van der Waals surface area contributed by atoms with Crippen molar-refractivity contribution < 1.29 is 14.5 Å². The zero-order valence-electron chi connectivity index (χ0n) is 10.1. The molecule has 1 aliphatic rings. The van der Waals surface area contributed by atoms with E-state index in [0.717, 1.165) is 0 Å². The number of nitrogens with zero attached hydrogens (tertiary/aromatic N) is 1. The molecule has 1 heterocycles. The van der Waals surface area contributed by atoms with Gasteiger partial charge in [-0.25, -0.2) is 0 Å². The van der Waals surface area contributed by atoms with Gasteiger partial charge >= 0.3 is 0 Å². The maximum Gasteiger partial charge on any atom is 0.283 e. The highest BCUT2D eigenvalue weighted by molar-refractivity contribution is 6.31. The molecular formula is C12H13ClN2O4. The van der Waals surface area contributed by atoms with Crippen molar-refractivity contribution in [3.8, 4) is 0 Å². The fourth-order valence-electron chi connectivity index (χ4n) is 1.95. The summed E-state index contributed by atoms with van der Waals surface area (Å²) in [6.07, 6.45) is 1.43. The normalized spacial score (nSPS) is 16.1. The Morgan fingerprint density at radius 1 is 1.42 bits per heavy atom. The van der Waals surface area contributed by atoms with Crippen LogP contribution >= 0.6 is 11.6 Å². The molecule has 1 fully saturated rings. The second-order valence-corrected chi connectivity index (χ2v) is 4.72. The number of nitrogens with one attached hydrogen (secondary N) is 1. The fraction of sp³-hybridized carbons (Fsp3) is 0.417. The van der Waals surface area contributed by atoms with Crippen molar-refractivity contribution in [1.29, 1.82) is 0 Å². The molecule has 7 heteroatoms. The molecule has 6 nitrogen and oxygen atoms in total. The minimum atomic E-state index is -0.606. The predicted molar refractivity (Wildman–Crippen MR) is 69.4 cm³/mol. The third kappa shape index (κ3) is 3.42. The number of hydrogen-bond donors (Lipinski definition) is 1. The lowest BCUT2D eigenvalue weighted by atomic mass is 10.1. The Morgan fingerprint density at radius 2 is 2.11 bits per heavy atom. The Morgan fingerprint density at radius 3 is 2.74 bits per heavy atom. The maximum atomic E-state index is 12.1. The third-order valence-electron chi connectivity index (χ3n) is 2.96. The summed E-state index contributed by atoms with van der Waals surface area (Å²) in [6, 6.07) is 4.01. The standard InChI is InChI=1S/C12H13ClN2O4/c13-8-1-2-10(11(7-8)15(17)18)12(16)14-9-3-5-19-6-4-9/h1-2,7,9H,3-6H2,(H,14,16). The number of carbonyl (C=O) groups excluding carboxylic acids is 1. The van der Waals surface area contributed by atoms with E-state index in [2.05, 4.69) is 5.32 Å². The molecular weight excluding hydrogens is 272 g/mol. The van der Waals surface area contributed by atoms with Crippen molar-refractivity contribution in [3.05, 3.63) is 38.9 Å². The van der Waals surface area contributed by atoms with Crippen LogP contribution in [0, 0.1) is 10.1 Å². The quantitative estimate of drug-likeness (QED) is 0.681. The number of ether oxygens (including phenoxy) is 1. The Kier molecular flexibility index (Phi) is 4.34. The zero-order chi connectivity index (χ0) is 13.8. The van der Waals surface area contributed by atoms with Crippen LogP contribution in [-0.2, 0) is 4.74 Å². The monoisotopic (exact) mass is 284 g/mol. The van der Waals surface area contributed by atoms with Gasteiger partial charge in [0.05, 0.1) is 4.92 Å². The van der Waals surface area contributed by atoms with Gasteiger partial charge in [0.2, 0.25) is 0 Å². The van der Waals surface area contributed by atoms with Gasteiger partial charge in [0, 0.05) is 30.3 Å². The van der Waals surface area contributed by atoms with Crippen molar-refractivity contribution in [2.45, 2.75) is 18.9 Å². The number of benzene rings is 1. The van der Waals surface area contributed by atoms with Gasteiger partial charge in [-0.05, 0) is 25.0 Å². The zero-order valence-corrected chi connectivity index (χ0v) is 10.9. The van der Waals surface area contributed by atoms with Crippen LogP contribution in [0.3, 0.4) is 0 Å². The molecule has 0 aliphatic carbocycles. The summed E-state index contributed by atoms with van der Waals surface area (Å²) in [6.45, 7) is 1.18. The molecule has 1 aliphatic heterocycles. The number of nitro groups is 1. The van der Waals surface area contributed by atoms with Crippen LogP contribution < -0.4 is 5.32 Å². The first-order valence-electron chi connectivity index (χ1n) is 5.90. The first-order valence-corrected chi connectivity index (χ1v) is 6.28. The predicted octanol–water partition coefficient (Wildman–Crippen LogP) is 2.16. The summed E-state index contributed by atoms with van der Waals surface area (Å²) in [4.78, 5) is 22.4. The Balaban J connectivity index is 2.16. The summed E-state index contributed by atoms with van der Waals surface area (Å²) in [5, 5.41) is 13.9. The number of carbonyl (C=O) groups is 1. The molecule has 2 rings (SSSR count). The van der Waals surface area contributed by atoms with Crippen molar-refractivity contribution in [1.82, 2.24) is 5.32 Å². The lowest BCUT2D eigenvalue weighted by Crippen LogP contribution is -2.39. The van der Waals surface area contributed by atoms with Crippen molar-refractivity contribution >= 4 is 23.2 Å². The van der Waals surface area contributed by atoms with Gasteiger partial charge < -0.3 is 10.1 Å². The Bertz CT molecular complexity index is 501. The van der Waals surface area contributed by atoms with E-state index in [1.807, 2.05) is 0 Å². The van der Waals surface area contributed by atoms with Crippen LogP contribution in [0.25, 0.3) is 0 Å². The lowest BCUT2D eigenvalue weighted by molar-refractivity contribution is -0.385. The van der Waals surface area contributed by atoms with E-state index in [9.17, 15) is 14.9 Å². The minimum Gasteiger partial charge on any atom is -0.381 e. The summed E-state index contributed by atoms with van der Waals surface area (Å²) >= 11 is 5.70. The van der Waals surface area contributed by atoms with Gasteiger partial charge in [0.1, 0.15) is 5.56 Å². The van der Waals surface area contributed by atoms with Crippen molar-refractivity contribution in [2.75, 3.05) is 13.2 Å². The first-order chi connectivity index (χ1) is 9.08. The number of halogens is 1. The number of hydrogen-bond acceptors (Lipinski definition) is 4. The molecule has 1 amide bonds. The van der Waals surface area contributed by atoms with Gasteiger partial charge in [0.15, 0.2) is 0 Å². The second-order valence-electron chi connectivity index (χ2n) is 4.28. The molecule has 1 aromatic carbocycles. The molecule has 19 heavy (non-hydrogen) atoms. The van der Waals surface area contributed by atoms with Gasteiger partial charge in [-0.2, -0.15) is 0 Å². The van der Waals surface area contributed by atoms with Crippen molar-refractivity contribution in [3.63, 3.8) is 0 Å². The SMILES string of the molecule is O=C(NC1CCOCC1)c1ccc(Cl)cc1[N+](=O)[O-]. The summed E-state index contributed by atoms with van der Waals surface area (Å²) < 4.78 is 5.19. The van der Waals surface area contributed by atoms with E-state index < -0.39 is 10.8 Å². The Labute approximate surface area is 114 Å². The minimum absolute atomic E-state index is 0.00321. The van der Waals surface area contributed by atoms with E-state index in [4.69, 9.17) is 16.3 Å². The second kappa shape index (κ2) is 5.99. The van der Waals surface area contributed by atoms with Crippen LogP contribution in [0.1, 0.15) is 23.2 Å². The smallest absolute Gasteiger partial charge is 0.283 e. The topological polar surface area (TPSA) is 81.5 Å². The average molecular weight is 285 g/mol. The molecule has 1 aromatic rings. The molecule has 0 spiro atoms. The van der Waals surface area contributed by atoms with Crippen LogP contribution in [0.5, 0.6) is 0 Å². The van der Waals surface area contributed by atoms with Crippen LogP contribution in [0.2, 0.25) is 5.02 Å². The lowest BCUT2D eigenvalue weighted by Gasteiger charge is -2.23. The van der Waals surface area contributed by atoms with Gasteiger partial charge in [-0.1, -0.05) is 11.6 Å². The van der Waals surface area contributed by atoms with Gasteiger partial charge in [-0.15, -0.1) is 0 Å². The highest BCUT2D eigenvalue weighted by Crippen LogP contribution is 2.23. The highest BCUT2D eigenvalue weighted by atomic mass is 35.5. The number of amides is 1. The van der Waals surface area contributed by atoms with Crippen molar-refractivity contribution in [2.24, 2.45) is 0 Å².